The van der Waals surface area contributed by atoms with E-state index in [1.54, 1.807) is 7.11 Å². The molecule has 3 rings (SSSR count). The number of rotatable bonds is 4. The van der Waals surface area contributed by atoms with Gasteiger partial charge in [-0.2, -0.15) is 0 Å². The molecule has 1 saturated heterocycles. The zero-order chi connectivity index (χ0) is 14.2. The van der Waals surface area contributed by atoms with Gasteiger partial charge in [0.1, 0.15) is 6.10 Å². The predicted octanol–water partition coefficient (Wildman–Crippen LogP) is 2.12. The highest BCUT2D eigenvalue weighted by Crippen LogP contribution is 2.45. The van der Waals surface area contributed by atoms with Crippen LogP contribution in [0.4, 0.5) is 0 Å². The molecule has 2 N–H and O–H groups in total. The van der Waals surface area contributed by atoms with Crippen molar-refractivity contribution in [1.29, 1.82) is 0 Å². The van der Waals surface area contributed by atoms with Crippen LogP contribution in [0, 0.1) is 0 Å². The second-order valence-electron chi connectivity index (χ2n) is 6.14. The van der Waals surface area contributed by atoms with Crippen LogP contribution < -0.4 is 15.2 Å². The smallest absolute Gasteiger partial charge is 0.161 e. The van der Waals surface area contributed by atoms with E-state index in [1.165, 1.54) is 0 Å². The van der Waals surface area contributed by atoms with Gasteiger partial charge in [0.2, 0.25) is 0 Å². The summed E-state index contributed by atoms with van der Waals surface area (Å²) in [7, 11) is 3.85. The van der Waals surface area contributed by atoms with Crippen molar-refractivity contribution in [2.24, 2.45) is 5.73 Å². The van der Waals surface area contributed by atoms with Crippen LogP contribution in [0.25, 0.3) is 0 Å². The summed E-state index contributed by atoms with van der Waals surface area (Å²) in [5.74, 6) is 1.65. The molecular weight excluding hydrogens is 252 g/mol. The molecule has 1 aliphatic carbocycles. The number of likely N-dealkylation sites (tertiary alicyclic amines) is 1. The van der Waals surface area contributed by atoms with Crippen LogP contribution in [0.15, 0.2) is 18.2 Å². The van der Waals surface area contributed by atoms with Crippen molar-refractivity contribution in [3.8, 4) is 11.5 Å². The number of nitrogens with two attached hydrogens (primary N) is 1. The zero-order valence-electron chi connectivity index (χ0n) is 12.4. The average Bonchev–Trinajstić information content (AvgIpc) is 3.21. The Hall–Kier alpha value is -1.26. The predicted molar refractivity (Wildman–Crippen MR) is 79.2 cm³/mol. The van der Waals surface area contributed by atoms with E-state index in [1.807, 2.05) is 12.1 Å². The van der Waals surface area contributed by atoms with E-state index in [2.05, 4.69) is 18.0 Å². The lowest BCUT2D eigenvalue weighted by Gasteiger charge is -2.29. The third kappa shape index (κ3) is 2.76. The minimum Gasteiger partial charge on any atom is -0.493 e. The minimum absolute atomic E-state index is 0.126. The van der Waals surface area contributed by atoms with Crippen molar-refractivity contribution in [3.63, 3.8) is 0 Å². The van der Waals surface area contributed by atoms with E-state index in [9.17, 15) is 0 Å². The van der Waals surface area contributed by atoms with Gasteiger partial charge in [0.15, 0.2) is 11.5 Å². The molecule has 1 aromatic rings. The van der Waals surface area contributed by atoms with Gasteiger partial charge in [0, 0.05) is 18.6 Å². The summed E-state index contributed by atoms with van der Waals surface area (Å²) in [5, 5.41) is 0. The molecule has 0 spiro atoms. The Balaban J connectivity index is 1.72. The quantitative estimate of drug-likeness (QED) is 0.915. The third-order valence-corrected chi connectivity index (χ3v) is 4.49. The van der Waals surface area contributed by atoms with Gasteiger partial charge in [-0.3, -0.25) is 0 Å². The summed E-state index contributed by atoms with van der Waals surface area (Å²) in [5.41, 5.74) is 7.27. The molecule has 0 unspecified atom stereocenters. The van der Waals surface area contributed by atoms with E-state index >= 15 is 0 Å². The van der Waals surface area contributed by atoms with Crippen molar-refractivity contribution >= 4 is 0 Å². The largest absolute Gasteiger partial charge is 0.493 e. The van der Waals surface area contributed by atoms with E-state index in [0.717, 1.165) is 55.8 Å². The van der Waals surface area contributed by atoms with Gasteiger partial charge >= 0.3 is 0 Å². The van der Waals surface area contributed by atoms with Crippen molar-refractivity contribution < 1.29 is 9.47 Å². The average molecular weight is 276 g/mol. The highest BCUT2D eigenvalue weighted by atomic mass is 16.5. The Morgan fingerprint density at radius 2 is 1.90 bits per heavy atom. The summed E-state index contributed by atoms with van der Waals surface area (Å²) < 4.78 is 11.6. The van der Waals surface area contributed by atoms with Crippen molar-refractivity contribution in [2.75, 3.05) is 27.2 Å². The SMILES string of the molecule is COc1cc(C2(N)CC2)ccc1OC1CCN(C)CC1. The van der Waals surface area contributed by atoms with Crippen molar-refractivity contribution in [3.05, 3.63) is 23.8 Å². The second-order valence-corrected chi connectivity index (χ2v) is 6.14. The number of nitrogens with zero attached hydrogens (tertiary/aromatic N) is 1. The number of ether oxygens (including phenoxy) is 2. The van der Waals surface area contributed by atoms with E-state index < -0.39 is 0 Å². The lowest BCUT2D eigenvalue weighted by atomic mass is 10.0. The standard InChI is InChI=1S/C16H24N2O2/c1-18-9-5-13(6-10-18)20-14-4-3-12(11-15(14)19-2)16(17)7-8-16/h3-4,11,13H,5-10,17H2,1-2H3. The molecule has 4 nitrogen and oxygen atoms in total. The Labute approximate surface area is 120 Å². The molecule has 0 aromatic heterocycles. The maximum absolute atomic E-state index is 6.24. The van der Waals surface area contributed by atoms with E-state index in [4.69, 9.17) is 15.2 Å². The van der Waals surface area contributed by atoms with Gasteiger partial charge in [-0.05, 0) is 50.4 Å². The Bertz CT molecular complexity index is 477. The Morgan fingerprint density at radius 1 is 1.20 bits per heavy atom. The lowest BCUT2D eigenvalue weighted by Crippen LogP contribution is -2.35. The molecule has 2 fully saturated rings. The molecule has 1 aromatic carbocycles. The van der Waals surface area contributed by atoms with Gasteiger partial charge in [0.05, 0.1) is 7.11 Å². The molecule has 2 aliphatic rings. The monoisotopic (exact) mass is 276 g/mol. The lowest BCUT2D eigenvalue weighted by molar-refractivity contribution is 0.111. The van der Waals surface area contributed by atoms with Crippen LogP contribution in [-0.2, 0) is 5.54 Å². The summed E-state index contributed by atoms with van der Waals surface area (Å²) >= 11 is 0. The number of piperidine rings is 1. The topological polar surface area (TPSA) is 47.7 Å². The van der Waals surface area contributed by atoms with Gasteiger partial charge in [0.25, 0.3) is 0 Å². The normalized spacial score (nSPS) is 22.6. The summed E-state index contributed by atoms with van der Waals surface area (Å²) in [6, 6.07) is 6.14. The summed E-state index contributed by atoms with van der Waals surface area (Å²) in [6.07, 6.45) is 4.56. The number of benzene rings is 1. The molecule has 0 radical (unpaired) electrons. The molecule has 1 saturated carbocycles. The number of hydrogen-bond donors (Lipinski definition) is 1. The van der Waals surface area contributed by atoms with Gasteiger partial charge < -0.3 is 20.1 Å². The fourth-order valence-electron chi connectivity index (χ4n) is 2.78. The van der Waals surface area contributed by atoms with Crippen LogP contribution in [0.3, 0.4) is 0 Å². The van der Waals surface area contributed by atoms with Crippen molar-refractivity contribution in [2.45, 2.75) is 37.3 Å². The molecular formula is C16H24N2O2. The summed E-state index contributed by atoms with van der Waals surface area (Å²) in [6.45, 7) is 2.19. The molecule has 1 aliphatic heterocycles. The maximum atomic E-state index is 6.24. The minimum atomic E-state index is -0.126. The second kappa shape index (κ2) is 5.26. The first-order chi connectivity index (χ1) is 9.60. The molecule has 0 amide bonds. The fourth-order valence-corrected chi connectivity index (χ4v) is 2.78. The van der Waals surface area contributed by atoms with Crippen LogP contribution in [0.5, 0.6) is 11.5 Å². The first-order valence-corrected chi connectivity index (χ1v) is 7.43. The molecule has 0 bridgehead atoms. The molecule has 1 heterocycles. The molecule has 0 atom stereocenters. The van der Waals surface area contributed by atoms with E-state index in [-0.39, 0.29) is 5.54 Å². The van der Waals surface area contributed by atoms with Crippen LogP contribution in [0.2, 0.25) is 0 Å². The maximum Gasteiger partial charge on any atom is 0.161 e. The first kappa shape index (κ1) is 13.7. The number of hydrogen-bond acceptors (Lipinski definition) is 4. The number of methoxy groups -OCH3 is 1. The third-order valence-electron chi connectivity index (χ3n) is 4.49. The van der Waals surface area contributed by atoms with E-state index in [0.29, 0.717) is 6.10 Å². The van der Waals surface area contributed by atoms with Crippen LogP contribution in [0.1, 0.15) is 31.2 Å². The first-order valence-electron chi connectivity index (χ1n) is 7.43. The highest BCUT2D eigenvalue weighted by Gasteiger charge is 2.40. The van der Waals surface area contributed by atoms with Gasteiger partial charge in [-0.1, -0.05) is 6.07 Å². The van der Waals surface area contributed by atoms with Crippen molar-refractivity contribution in [1.82, 2.24) is 4.90 Å². The van der Waals surface area contributed by atoms with Crippen LogP contribution >= 0.6 is 0 Å². The molecule has 4 heteroatoms. The molecule has 20 heavy (non-hydrogen) atoms. The fraction of sp³-hybridized carbons (Fsp3) is 0.625. The molecule has 110 valence electrons. The Morgan fingerprint density at radius 3 is 2.50 bits per heavy atom. The Kier molecular flexibility index (Phi) is 3.61. The summed E-state index contributed by atoms with van der Waals surface area (Å²) in [4.78, 5) is 2.34. The van der Waals surface area contributed by atoms with Gasteiger partial charge in [-0.15, -0.1) is 0 Å². The zero-order valence-corrected chi connectivity index (χ0v) is 12.4. The highest BCUT2D eigenvalue weighted by molar-refractivity contribution is 5.46. The van der Waals surface area contributed by atoms with Gasteiger partial charge in [-0.25, -0.2) is 0 Å². The van der Waals surface area contributed by atoms with Crippen LogP contribution in [-0.4, -0.2) is 38.3 Å².